The maximum atomic E-state index is 11.6. The molecule has 1 aliphatic carbocycles. The van der Waals surface area contributed by atoms with Crippen LogP contribution in [0, 0.1) is 11.8 Å². The van der Waals surface area contributed by atoms with Gasteiger partial charge in [-0.1, -0.05) is 26.7 Å². The first kappa shape index (κ1) is 17.2. The number of hydrogen-bond donors (Lipinski definition) is 1. The molecule has 0 spiro atoms. The average molecular weight is 317 g/mol. The van der Waals surface area contributed by atoms with Crippen LogP contribution in [0.2, 0.25) is 0 Å². The van der Waals surface area contributed by atoms with E-state index in [4.69, 9.17) is 5.73 Å². The molecule has 0 amide bonds. The van der Waals surface area contributed by atoms with E-state index >= 15 is 0 Å². The highest BCUT2D eigenvalue weighted by atomic mass is 32.2. The molecule has 0 bridgehead atoms. The predicted octanol–water partition coefficient (Wildman–Crippen LogP) is 1.11. The quantitative estimate of drug-likeness (QED) is 0.843. The van der Waals surface area contributed by atoms with Gasteiger partial charge in [-0.15, -0.1) is 0 Å². The molecule has 1 saturated carbocycles. The molecule has 0 aromatic carbocycles. The van der Waals surface area contributed by atoms with Gasteiger partial charge in [0.1, 0.15) is 0 Å². The third-order valence-corrected chi connectivity index (χ3v) is 6.86. The minimum atomic E-state index is -3.06. The summed E-state index contributed by atoms with van der Waals surface area (Å²) in [6.07, 6.45) is 6.18. The van der Waals surface area contributed by atoms with Crippen LogP contribution in [0.3, 0.4) is 0 Å². The number of rotatable bonds is 4. The van der Waals surface area contributed by atoms with Crippen molar-refractivity contribution in [2.75, 3.05) is 39.0 Å². The first-order valence-corrected chi connectivity index (χ1v) is 10.0. The van der Waals surface area contributed by atoms with E-state index < -0.39 is 10.0 Å². The summed E-state index contributed by atoms with van der Waals surface area (Å²) in [5, 5.41) is 0. The normalized spacial score (nSPS) is 33.5. The molecule has 0 aromatic rings. The minimum Gasteiger partial charge on any atom is -0.329 e. The highest BCUT2D eigenvalue weighted by Crippen LogP contribution is 2.40. The molecule has 1 saturated heterocycles. The Morgan fingerprint density at radius 2 is 1.86 bits per heavy atom. The molecule has 1 aliphatic heterocycles. The summed E-state index contributed by atoms with van der Waals surface area (Å²) >= 11 is 0. The Hall–Kier alpha value is -0.170. The predicted molar refractivity (Wildman–Crippen MR) is 86.6 cm³/mol. The van der Waals surface area contributed by atoms with E-state index in [0.29, 0.717) is 25.6 Å². The Bertz CT molecular complexity index is 444. The number of nitrogens with zero attached hydrogens (tertiary/aromatic N) is 2. The molecule has 2 N–H and O–H groups in total. The van der Waals surface area contributed by atoms with Gasteiger partial charge in [-0.25, -0.2) is 8.42 Å². The molecule has 2 rings (SSSR count). The van der Waals surface area contributed by atoms with Gasteiger partial charge < -0.3 is 5.73 Å². The van der Waals surface area contributed by atoms with Gasteiger partial charge in [0.05, 0.1) is 6.26 Å². The minimum absolute atomic E-state index is 0.0940. The van der Waals surface area contributed by atoms with E-state index in [2.05, 4.69) is 18.7 Å². The lowest BCUT2D eigenvalue weighted by Crippen LogP contribution is -2.62. The monoisotopic (exact) mass is 317 g/mol. The lowest BCUT2D eigenvalue weighted by atomic mass is 9.70. The molecular weight excluding hydrogens is 286 g/mol. The van der Waals surface area contributed by atoms with Crippen molar-refractivity contribution in [3.63, 3.8) is 0 Å². The molecular formula is C15H31N3O2S. The highest BCUT2D eigenvalue weighted by molar-refractivity contribution is 7.88. The lowest BCUT2D eigenvalue weighted by Gasteiger charge is -2.51. The van der Waals surface area contributed by atoms with Crippen LogP contribution in [-0.2, 0) is 10.0 Å². The molecule has 0 radical (unpaired) electrons. The van der Waals surface area contributed by atoms with Crippen LogP contribution in [0.15, 0.2) is 0 Å². The molecule has 6 heteroatoms. The number of hydrogen-bond acceptors (Lipinski definition) is 4. The Labute approximate surface area is 129 Å². The average Bonchev–Trinajstić information content (AvgIpc) is 2.46. The van der Waals surface area contributed by atoms with Gasteiger partial charge in [0.25, 0.3) is 0 Å². The van der Waals surface area contributed by atoms with Crippen molar-refractivity contribution in [3.8, 4) is 0 Å². The van der Waals surface area contributed by atoms with E-state index in [0.717, 1.165) is 25.4 Å². The number of sulfonamides is 1. The standard InChI is InChI=1S/C15H31N3O2S/c1-13(2)14-5-4-6-15(11-14,12-16)17-7-9-18(10-8-17)21(3,19)20/h13-14H,4-12,16H2,1-3H3. The van der Waals surface area contributed by atoms with Crippen molar-refractivity contribution in [1.29, 1.82) is 0 Å². The van der Waals surface area contributed by atoms with Crippen LogP contribution in [0.25, 0.3) is 0 Å². The van der Waals surface area contributed by atoms with E-state index in [1.807, 2.05) is 0 Å². The number of nitrogens with two attached hydrogens (primary N) is 1. The first-order chi connectivity index (χ1) is 9.78. The van der Waals surface area contributed by atoms with E-state index in [1.54, 1.807) is 4.31 Å². The zero-order valence-corrected chi connectivity index (χ0v) is 14.5. The van der Waals surface area contributed by atoms with Gasteiger partial charge in [0.15, 0.2) is 0 Å². The summed E-state index contributed by atoms with van der Waals surface area (Å²) in [4.78, 5) is 2.48. The van der Waals surface area contributed by atoms with Crippen LogP contribution < -0.4 is 5.73 Å². The fourth-order valence-corrected chi connectivity index (χ4v) is 4.88. The van der Waals surface area contributed by atoms with Crippen LogP contribution in [0.4, 0.5) is 0 Å². The van der Waals surface area contributed by atoms with E-state index in [9.17, 15) is 8.42 Å². The summed E-state index contributed by atoms with van der Waals surface area (Å²) in [5.74, 6) is 1.45. The molecule has 2 unspecified atom stereocenters. The fourth-order valence-electron chi connectivity index (χ4n) is 4.05. The zero-order chi connectivity index (χ0) is 15.7. The van der Waals surface area contributed by atoms with Gasteiger partial charge in [-0.2, -0.15) is 4.31 Å². The van der Waals surface area contributed by atoms with Crippen molar-refractivity contribution in [1.82, 2.24) is 9.21 Å². The maximum Gasteiger partial charge on any atom is 0.211 e. The second-order valence-electron chi connectivity index (χ2n) is 7.18. The molecule has 2 atom stereocenters. The Balaban J connectivity index is 2.05. The zero-order valence-electron chi connectivity index (χ0n) is 13.7. The van der Waals surface area contributed by atoms with Crippen LogP contribution in [0.1, 0.15) is 39.5 Å². The smallest absolute Gasteiger partial charge is 0.211 e. The summed E-state index contributed by atoms with van der Waals surface area (Å²) in [6, 6.07) is 0. The topological polar surface area (TPSA) is 66.6 Å². The largest absolute Gasteiger partial charge is 0.329 e. The molecule has 5 nitrogen and oxygen atoms in total. The Morgan fingerprint density at radius 1 is 1.24 bits per heavy atom. The van der Waals surface area contributed by atoms with Crippen molar-refractivity contribution >= 4 is 10.0 Å². The SMILES string of the molecule is CC(C)C1CCCC(CN)(N2CCN(S(C)(=O)=O)CC2)C1. The fraction of sp³-hybridized carbons (Fsp3) is 1.00. The second-order valence-corrected chi connectivity index (χ2v) is 9.16. The van der Waals surface area contributed by atoms with Crippen molar-refractivity contribution in [3.05, 3.63) is 0 Å². The maximum absolute atomic E-state index is 11.6. The van der Waals surface area contributed by atoms with Crippen molar-refractivity contribution < 1.29 is 8.42 Å². The molecule has 21 heavy (non-hydrogen) atoms. The van der Waals surface area contributed by atoms with Crippen LogP contribution >= 0.6 is 0 Å². The van der Waals surface area contributed by atoms with Gasteiger partial charge in [-0.3, -0.25) is 4.90 Å². The molecule has 124 valence electrons. The van der Waals surface area contributed by atoms with Crippen LogP contribution in [-0.4, -0.2) is 62.1 Å². The second kappa shape index (κ2) is 6.52. The molecule has 2 aliphatic rings. The number of piperazine rings is 1. The lowest BCUT2D eigenvalue weighted by molar-refractivity contribution is 0.00560. The van der Waals surface area contributed by atoms with Crippen molar-refractivity contribution in [2.45, 2.75) is 45.1 Å². The third-order valence-electron chi connectivity index (χ3n) is 5.56. The summed E-state index contributed by atoms with van der Waals surface area (Å²) < 4.78 is 24.9. The highest BCUT2D eigenvalue weighted by Gasteiger charge is 2.42. The summed E-state index contributed by atoms with van der Waals surface area (Å²) in [7, 11) is -3.06. The first-order valence-electron chi connectivity index (χ1n) is 8.19. The molecule has 1 heterocycles. The van der Waals surface area contributed by atoms with Gasteiger partial charge in [-0.05, 0) is 24.7 Å². The summed E-state index contributed by atoms with van der Waals surface area (Å²) in [6.45, 7) is 8.14. The Morgan fingerprint density at radius 3 is 2.33 bits per heavy atom. The van der Waals surface area contributed by atoms with Gasteiger partial charge in [0, 0.05) is 38.3 Å². The molecule has 2 fully saturated rings. The molecule has 0 aromatic heterocycles. The third kappa shape index (κ3) is 3.78. The Kier molecular flexibility index (Phi) is 5.34. The van der Waals surface area contributed by atoms with Crippen LogP contribution in [0.5, 0.6) is 0 Å². The van der Waals surface area contributed by atoms with Gasteiger partial charge in [0.2, 0.25) is 10.0 Å². The van der Waals surface area contributed by atoms with E-state index in [-0.39, 0.29) is 5.54 Å². The van der Waals surface area contributed by atoms with E-state index in [1.165, 1.54) is 25.5 Å². The van der Waals surface area contributed by atoms with Crippen molar-refractivity contribution in [2.24, 2.45) is 17.6 Å². The summed E-state index contributed by atoms with van der Waals surface area (Å²) in [5.41, 5.74) is 6.27. The van der Waals surface area contributed by atoms with Gasteiger partial charge >= 0.3 is 0 Å².